The Balaban J connectivity index is 2.13. The molecule has 1 fully saturated rings. The van der Waals surface area contributed by atoms with E-state index in [-0.39, 0.29) is 5.41 Å². The van der Waals surface area contributed by atoms with Gasteiger partial charge in [-0.2, -0.15) is 0 Å². The van der Waals surface area contributed by atoms with Crippen molar-refractivity contribution in [2.24, 2.45) is 0 Å². The summed E-state index contributed by atoms with van der Waals surface area (Å²) >= 11 is 0. The van der Waals surface area contributed by atoms with Gasteiger partial charge in [0.05, 0.1) is 4.90 Å². The maximum absolute atomic E-state index is 12.4. The molecule has 0 atom stereocenters. The lowest BCUT2D eigenvalue weighted by atomic mass is 9.82. The van der Waals surface area contributed by atoms with E-state index in [9.17, 15) is 8.42 Å². The zero-order valence-corrected chi connectivity index (χ0v) is 14.0. The van der Waals surface area contributed by atoms with E-state index in [1.807, 2.05) is 17.1 Å². The minimum atomic E-state index is -3.45. The van der Waals surface area contributed by atoms with Crippen LogP contribution < -0.4 is 4.83 Å². The van der Waals surface area contributed by atoms with Gasteiger partial charge in [-0.25, -0.2) is 13.4 Å². The molecule has 0 spiro atoms. The highest BCUT2D eigenvalue weighted by Crippen LogP contribution is 2.27. The van der Waals surface area contributed by atoms with Crippen molar-refractivity contribution in [3.8, 4) is 0 Å². The first kappa shape index (κ1) is 16.5. The van der Waals surface area contributed by atoms with Gasteiger partial charge in [0.2, 0.25) is 0 Å². The Kier molecular flexibility index (Phi) is 5.07. The van der Waals surface area contributed by atoms with E-state index in [0.29, 0.717) is 4.90 Å². The number of piperidine rings is 1. The van der Waals surface area contributed by atoms with Gasteiger partial charge in [0, 0.05) is 13.1 Å². The van der Waals surface area contributed by atoms with E-state index in [4.69, 9.17) is 0 Å². The Hall–Kier alpha value is -0.910. The monoisotopic (exact) mass is 310 g/mol. The third-order valence-corrected chi connectivity index (χ3v) is 5.83. The summed E-state index contributed by atoms with van der Waals surface area (Å²) in [5, 5.41) is 1.81. The molecule has 2 rings (SSSR count). The van der Waals surface area contributed by atoms with Crippen LogP contribution in [0.1, 0.15) is 52.0 Å². The van der Waals surface area contributed by atoms with Crippen LogP contribution in [0.2, 0.25) is 0 Å². The third-order valence-electron chi connectivity index (χ3n) is 4.44. The van der Waals surface area contributed by atoms with Crippen molar-refractivity contribution in [1.82, 2.24) is 9.84 Å². The number of sulfonamides is 1. The highest BCUT2D eigenvalue weighted by molar-refractivity contribution is 7.89. The Bertz CT molecular complexity index is 558. The molecule has 1 saturated heterocycles. The first-order valence-electron chi connectivity index (χ1n) is 7.73. The molecule has 1 heterocycles. The predicted molar refractivity (Wildman–Crippen MR) is 85.5 cm³/mol. The Morgan fingerprint density at radius 3 is 2.19 bits per heavy atom. The maximum Gasteiger partial charge on any atom is 0.253 e. The molecule has 0 aromatic heterocycles. The van der Waals surface area contributed by atoms with Crippen molar-refractivity contribution in [3.05, 3.63) is 29.8 Å². The fourth-order valence-electron chi connectivity index (χ4n) is 2.50. The van der Waals surface area contributed by atoms with Gasteiger partial charge in [0.25, 0.3) is 10.0 Å². The largest absolute Gasteiger partial charge is 0.253 e. The van der Waals surface area contributed by atoms with Crippen molar-refractivity contribution < 1.29 is 8.42 Å². The van der Waals surface area contributed by atoms with Gasteiger partial charge in [-0.1, -0.05) is 39.3 Å². The molecule has 5 heteroatoms. The molecule has 1 N–H and O–H groups in total. The Labute approximate surface area is 128 Å². The second-order valence-electron chi connectivity index (χ2n) is 6.40. The molecule has 21 heavy (non-hydrogen) atoms. The van der Waals surface area contributed by atoms with E-state index < -0.39 is 10.0 Å². The number of nitrogens with one attached hydrogen (secondary N) is 1. The first-order valence-corrected chi connectivity index (χ1v) is 9.21. The Morgan fingerprint density at radius 2 is 1.67 bits per heavy atom. The summed E-state index contributed by atoms with van der Waals surface area (Å²) in [6.45, 7) is 8.06. The van der Waals surface area contributed by atoms with Gasteiger partial charge >= 0.3 is 0 Å². The van der Waals surface area contributed by atoms with E-state index in [1.165, 1.54) is 12.0 Å². The first-order chi connectivity index (χ1) is 9.85. The van der Waals surface area contributed by atoms with Gasteiger partial charge < -0.3 is 0 Å². The van der Waals surface area contributed by atoms with Crippen molar-refractivity contribution in [2.75, 3.05) is 13.1 Å². The van der Waals surface area contributed by atoms with Gasteiger partial charge in [0.1, 0.15) is 0 Å². The van der Waals surface area contributed by atoms with Crippen LogP contribution in [0, 0.1) is 0 Å². The molecule has 4 nitrogen and oxygen atoms in total. The molecule has 1 aromatic carbocycles. The molecule has 0 unspecified atom stereocenters. The van der Waals surface area contributed by atoms with Crippen molar-refractivity contribution >= 4 is 10.0 Å². The quantitative estimate of drug-likeness (QED) is 0.909. The van der Waals surface area contributed by atoms with Crippen LogP contribution in [-0.4, -0.2) is 26.5 Å². The zero-order valence-electron chi connectivity index (χ0n) is 13.2. The molecular weight excluding hydrogens is 284 g/mol. The molecule has 1 aromatic rings. The zero-order chi connectivity index (χ0) is 15.5. The molecule has 0 amide bonds. The molecule has 1 aliphatic rings. The van der Waals surface area contributed by atoms with E-state index in [1.54, 1.807) is 12.1 Å². The van der Waals surface area contributed by atoms with Crippen molar-refractivity contribution in [2.45, 2.75) is 56.8 Å². The lowest BCUT2D eigenvalue weighted by Crippen LogP contribution is -2.44. The van der Waals surface area contributed by atoms with E-state index >= 15 is 0 Å². The summed E-state index contributed by atoms with van der Waals surface area (Å²) in [6, 6.07) is 7.26. The molecule has 0 aliphatic carbocycles. The fraction of sp³-hybridized carbons (Fsp3) is 0.625. The average molecular weight is 310 g/mol. The van der Waals surface area contributed by atoms with Crippen LogP contribution in [0.15, 0.2) is 29.2 Å². The van der Waals surface area contributed by atoms with Crippen molar-refractivity contribution in [1.29, 1.82) is 0 Å². The minimum absolute atomic E-state index is 0.0720. The van der Waals surface area contributed by atoms with Gasteiger partial charge in [0.15, 0.2) is 0 Å². The summed E-state index contributed by atoms with van der Waals surface area (Å²) in [6.07, 6.45) is 4.29. The summed E-state index contributed by atoms with van der Waals surface area (Å²) in [5.74, 6) is 0. The number of hydrogen-bond donors (Lipinski definition) is 1. The lowest BCUT2D eigenvalue weighted by molar-refractivity contribution is 0.200. The number of hydrogen-bond acceptors (Lipinski definition) is 3. The van der Waals surface area contributed by atoms with Crippen LogP contribution in [0.25, 0.3) is 0 Å². The smallest absolute Gasteiger partial charge is 0.230 e. The van der Waals surface area contributed by atoms with Gasteiger partial charge in [-0.3, -0.25) is 0 Å². The van der Waals surface area contributed by atoms with Gasteiger partial charge in [-0.05, 0) is 42.4 Å². The highest BCUT2D eigenvalue weighted by Gasteiger charge is 2.22. The van der Waals surface area contributed by atoms with Crippen LogP contribution >= 0.6 is 0 Å². The number of rotatable bonds is 5. The van der Waals surface area contributed by atoms with Gasteiger partial charge in [-0.15, -0.1) is 4.83 Å². The molecular formula is C16H26N2O2S. The van der Waals surface area contributed by atoms with Crippen LogP contribution in [0.3, 0.4) is 0 Å². The standard InChI is InChI=1S/C16H26N2O2S/c1-4-16(2,3)14-8-10-15(11-9-14)21(19,20)17-18-12-6-5-7-13-18/h8-11,17H,4-7,12-13H2,1-3H3. The second-order valence-corrected chi connectivity index (χ2v) is 8.07. The molecule has 0 saturated carbocycles. The van der Waals surface area contributed by atoms with E-state index in [2.05, 4.69) is 25.6 Å². The third kappa shape index (κ3) is 4.05. The summed E-state index contributed by atoms with van der Waals surface area (Å²) < 4.78 is 24.8. The summed E-state index contributed by atoms with van der Waals surface area (Å²) in [5.41, 5.74) is 1.24. The minimum Gasteiger partial charge on any atom is -0.230 e. The highest BCUT2D eigenvalue weighted by atomic mass is 32.2. The maximum atomic E-state index is 12.4. The fourth-order valence-corrected chi connectivity index (χ4v) is 3.62. The molecule has 118 valence electrons. The number of hydrazine groups is 1. The SMILES string of the molecule is CCC(C)(C)c1ccc(S(=O)(=O)NN2CCCCC2)cc1. The van der Waals surface area contributed by atoms with Crippen LogP contribution in [0.4, 0.5) is 0 Å². The number of benzene rings is 1. The lowest BCUT2D eigenvalue weighted by Gasteiger charge is -2.27. The molecule has 0 bridgehead atoms. The molecule has 1 aliphatic heterocycles. The number of nitrogens with zero attached hydrogens (tertiary/aromatic N) is 1. The second kappa shape index (κ2) is 6.46. The predicted octanol–water partition coefficient (Wildman–Crippen LogP) is 3.05. The summed E-state index contributed by atoms with van der Waals surface area (Å²) in [4.78, 5) is 3.03. The van der Waals surface area contributed by atoms with Crippen molar-refractivity contribution in [3.63, 3.8) is 0 Å². The Morgan fingerprint density at radius 1 is 1.10 bits per heavy atom. The normalized spacial score (nSPS) is 17.9. The van der Waals surface area contributed by atoms with E-state index in [0.717, 1.165) is 32.4 Å². The van der Waals surface area contributed by atoms with Crippen LogP contribution in [-0.2, 0) is 15.4 Å². The van der Waals surface area contributed by atoms with Crippen LogP contribution in [0.5, 0.6) is 0 Å². The topological polar surface area (TPSA) is 49.4 Å². The molecule has 0 radical (unpaired) electrons. The summed E-state index contributed by atoms with van der Waals surface area (Å²) in [7, 11) is -3.45. The average Bonchev–Trinajstić information content (AvgIpc) is 2.48.